The van der Waals surface area contributed by atoms with Crippen LogP contribution in [0.5, 0.6) is 0 Å². The number of aliphatic imine (C=N–C) groups is 1. The molecule has 1 aliphatic heterocycles. The number of halogens is 1. The van der Waals surface area contributed by atoms with Crippen molar-refractivity contribution < 1.29 is 9.18 Å². The molecule has 0 fully saturated rings. The molecule has 1 spiro atoms. The molecule has 0 bridgehead atoms. The van der Waals surface area contributed by atoms with E-state index in [0.717, 1.165) is 28.1 Å². The molecule has 1 atom stereocenters. The van der Waals surface area contributed by atoms with Gasteiger partial charge in [0.15, 0.2) is 5.78 Å². The summed E-state index contributed by atoms with van der Waals surface area (Å²) in [4.78, 5) is 18.3. The summed E-state index contributed by atoms with van der Waals surface area (Å²) in [5.74, 6) is -0.303. The fourth-order valence-electron chi connectivity index (χ4n) is 4.12. The predicted octanol–water partition coefficient (Wildman–Crippen LogP) is 4.64. The van der Waals surface area contributed by atoms with Gasteiger partial charge in [-0.1, -0.05) is 48.5 Å². The summed E-state index contributed by atoms with van der Waals surface area (Å²) < 4.78 is 13.7. The summed E-state index contributed by atoms with van der Waals surface area (Å²) in [5, 5.41) is 0. The van der Waals surface area contributed by atoms with Gasteiger partial charge in [0.25, 0.3) is 0 Å². The maximum atomic E-state index is 13.7. The minimum atomic E-state index is -0.853. The normalized spacial score (nSPS) is 20.5. The average Bonchev–Trinajstić information content (AvgIpc) is 3.12. The topological polar surface area (TPSA) is 29.4 Å². The van der Waals surface area contributed by atoms with Crippen molar-refractivity contribution in [3.63, 3.8) is 0 Å². The maximum Gasteiger partial charge on any atom is 0.180 e. The van der Waals surface area contributed by atoms with E-state index in [9.17, 15) is 9.18 Å². The summed E-state index contributed by atoms with van der Waals surface area (Å²) >= 11 is 0. The molecule has 1 aliphatic carbocycles. The molecule has 0 aromatic heterocycles. The number of Topliss-reactive ketones (excluding diaryl/α,β-unsaturated/α-hetero) is 1. The fraction of sp³-hybridized carbons (Fsp3) is 0.0909. The molecular formula is C22H14FNO. The highest BCUT2D eigenvalue weighted by Gasteiger charge is 2.54. The van der Waals surface area contributed by atoms with Crippen molar-refractivity contribution in [2.24, 2.45) is 4.99 Å². The van der Waals surface area contributed by atoms with E-state index in [-0.39, 0.29) is 11.6 Å². The quantitative estimate of drug-likeness (QED) is 0.640. The van der Waals surface area contributed by atoms with Crippen LogP contribution >= 0.6 is 0 Å². The number of hydrogen-bond donors (Lipinski definition) is 0. The lowest BCUT2D eigenvalue weighted by atomic mass is 9.72. The van der Waals surface area contributed by atoms with E-state index < -0.39 is 5.41 Å². The van der Waals surface area contributed by atoms with Gasteiger partial charge in [0.1, 0.15) is 11.2 Å². The standard InChI is InChI=1S/C22H14FNO/c23-16-10-11-17-15(12-16)13-22(21(17)25)18-8-4-5-9-19(18)24-20(22)14-6-2-1-3-7-14/h1-12H,13H2. The van der Waals surface area contributed by atoms with E-state index in [1.54, 1.807) is 6.07 Å². The summed E-state index contributed by atoms with van der Waals surface area (Å²) in [7, 11) is 0. The van der Waals surface area contributed by atoms with Crippen molar-refractivity contribution in [1.29, 1.82) is 0 Å². The molecule has 3 aromatic carbocycles. The Bertz CT molecular complexity index is 1050. The van der Waals surface area contributed by atoms with Crippen molar-refractivity contribution in [2.75, 3.05) is 0 Å². The summed E-state index contributed by atoms with van der Waals surface area (Å²) in [6, 6.07) is 22.0. The highest BCUT2D eigenvalue weighted by atomic mass is 19.1. The first kappa shape index (κ1) is 14.3. The number of benzene rings is 3. The minimum absolute atomic E-state index is 0.00931. The van der Waals surface area contributed by atoms with E-state index in [4.69, 9.17) is 4.99 Å². The van der Waals surface area contributed by atoms with Crippen LogP contribution in [0, 0.1) is 5.82 Å². The molecule has 5 rings (SSSR count). The van der Waals surface area contributed by atoms with E-state index in [0.29, 0.717) is 12.0 Å². The van der Waals surface area contributed by atoms with Gasteiger partial charge in [-0.25, -0.2) is 4.39 Å². The zero-order chi connectivity index (χ0) is 17.0. The Morgan fingerprint density at radius 1 is 0.920 bits per heavy atom. The smallest absolute Gasteiger partial charge is 0.180 e. The molecular weight excluding hydrogens is 313 g/mol. The van der Waals surface area contributed by atoms with Crippen LogP contribution in [0.1, 0.15) is 27.0 Å². The summed E-state index contributed by atoms with van der Waals surface area (Å²) in [5.41, 5.74) is 3.93. The number of nitrogens with zero attached hydrogens (tertiary/aromatic N) is 1. The van der Waals surface area contributed by atoms with E-state index in [1.807, 2.05) is 54.6 Å². The molecule has 1 heterocycles. The third-order valence-electron chi connectivity index (χ3n) is 5.20. The largest absolute Gasteiger partial charge is 0.293 e. The molecule has 2 aliphatic rings. The second kappa shape index (κ2) is 4.96. The lowest BCUT2D eigenvalue weighted by Crippen LogP contribution is -2.40. The van der Waals surface area contributed by atoms with Crippen molar-refractivity contribution >= 4 is 17.2 Å². The number of rotatable bonds is 1. The summed E-state index contributed by atoms with van der Waals surface area (Å²) in [6.45, 7) is 0. The van der Waals surface area contributed by atoms with Gasteiger partial charge in [0.05, 0.1) is 11.4 Å². The second-order valence-electron chi connectivity index (χ2n) is 6.56. The van der Waals surface area contributed by atoms with Crippen LogP contribution in [0.4, 0.5) is 10.1 Å². The van der Waals surface area contributed by atoms with Crippen LogP contribution < -0.4 is 0 Å². The van der Waals surface area contributed by atoms with Gasteiger partial charge in [0.2, 0.25) is 0 Å². The number of para-hydroxylation sites is 1. The van der Waals surface area contributed by atoms with Crippen LogP contribution in [0.15, 0.2) is 77.8 Å². The molecule has 0 saturated carbocycles. The van der Waals surface area contributed by atoms with Gasteiger partial charge in [-0.3, -0.25) is 9.79 Å². The van der Waals surface area contributed by atoms with Gasteiger partial charge in [-0.2, -0.15) is 0 Å². The zero-order valence-electron chi connectivity index (χ0n) is 13.4. The molecule has 120 valence electrons. The third kappa shape index (κ3) is 1.84. The van der Waals surface area contributed by atoms with Crippen molar-refractivity contribution in [1.82, 2.24) is 0 Å². The van der Waals surface area contributed by atoms with Crippen molar-refractivity contribution in [2.45, 2.75) is 11.8 Å². The number of hydrogen-bond acceptors (Lipinski definition) is 2. The molecule has 0 N–H and O–H groups in total. The monoisotopic (exact) mass is 327 g/mol. The zero-order valence-corrected chi connectivity index (χ0v) is 13.4. The first-order valence-electron chi connectivity index (χ1n) is 8.27. The average molecular weight is 327 g/mol. The molecule has 0 amide bonds. The van der Waals surface area contributed by atoms with Crippen LogP contribution in [0.2, 0.25) is 0 Å². The van der Waals surface area contributed by atoms with Gasteiger partial charge in [-0.05, 0) is 47.4 Å². The highest BCUT2D eigenvalue weighted by molar-refractivity contribution is 6.31. The van der Waals surface area contributed by atoms with E-state index >= 15 is 0 Å². The Morgan fingerprint density at radius 3 is 2.52 bits per heavy atom. The first-order valence-corrected chi connectivity index (χ1v) is 8.27. The Morgan fingerprint density at radius 2 is 1.68 bits per heavy atom. The molecule has 25 heavy (non-hydrogen) atoms. The number of carbonyl (C=O) groups excluding carboxylic acids is 1. The first-order chi connectivity index (χ1) is 12.2. The Kier molecular flexibility index (Phi) is 2.84. The lowest BCUT2D eigenvalue weighted by Gasteiger charge is -2.25. The molecule has 0 radical (unpaired) electrons. The second-order valence-corrected chi connectivity index (χ2v) is 6.56. The van der Waals surface area contributed by atoms with Crippen LogP contribution in [0.25, 0.3) is 0 Å². The van der Waals surface area contributed by atoms with E-state index in [2.05, 4.69) is 0 Å². The van der Waals surface area contributed by atoms with Gasteiger partial charge >= 0.3 is 0 Å². The van der Waals surface area contributed by atoms with E-state index in [1.165, 1.54) is 12.1 Å². The van der Waals surface area contributed by atoms with Gasteiger partial charge in [0, 0.05) is 5.56 Å². The number of ketones is 1. The molecule has 3 heteroatoms. The van der Waals surface area contributed by atoms with Crippen LogP contribution in [-0.4, -0.2) is 11.5 Å². The Hall–Kier alpha value is -3.07. The number of fused-ring (bicyclic) bond motifs is 3. The third-order valence-corrected chi connectivity index (χ3v) is 5.20. The molecule has 0 saturated heterocycles. The van der Waals surface area contributed by atoms with Gasteiger partial charge in [-0.15, -0.1) is 0 Å². The maximum absolute atomic E-state index is 13.7. The Balaban J connectivity index is 1.79. The predicted molar refractivity (Wildman–Crippen MR) is 95.2 cm³/mol. The molecule has 1 unspecified atom stereocenters. The van der Waals surface area contributed by atoms with Gasteiger partial charge < -0.3 is 0 Å². The van der Waals surface area contributed by atoms with Crippen LogP contribution in [0.3, 0.4) is 0 Å². The van der Waals surface area contributed by atoms with Crippen molar-refractivity contribution in [3.8, 4) is 0 Å². The minimum Gasteiger partial charge on any atom is -0.293 e. The van der Waals surface area contributed by atoms with Crippen molar-refractivity contribution in [3.05, 3.63) is 101 Å². The molecule has 3 aromatic rings. The molecule has 2 nitrogen and oxygen atoms in total. The fourth-order valence-corrected chi connectivity index (χ4v) is 4.12. The number of carbonyl (C=O) groups is 1. The lowest BCUT2D eigenvalue weighted by molar-refractivity contribution is 0.0947. The SMILES string of the molecule is O=C1c2ccc(F)cc2CC12C(c1ccccc1)=Nc1ccccc12. The summed E-state index contributed by atoms with van der Waals surface area (Å²) in [6.07, 6.45) is 0.448. The highest BCUT2D eigenvalue weighted by Crippen LogP contribution is 2.50. The Labute approximate surface area is 144 Å². The van der Waals surface area contributed by atoms with Crippen LogP contribution in [-0.2, 0) is 11.8 Å².